The van der Waals surface area contributed by atoms with E-state index in [-0.39, 0.29) is 23.7 Å². The highest BCUT2D eigenvalue weighted by Crippen LogP contribution is 2.38. The van der Waals surface area contributed by atoms with Crippen molar-refractivity contribution in [2.45, 2.75) is 58.3 Å². The number of anilines is 1. The molecular weight excluding hydrogens is 398 g/mol. The van der Waals surface area contributed by atoms with Gasteiger partial charge in [-0.2, -0.15) is 0 Å². The van der Waals surface area contributed by atoms with E-state index in [1.807, 2.05) is 6.07 Å². The lowest BCUT2D eigenvalue weighted by Gasteiger charge is -2.18. The molecule has 0 atom stereocenters. The first kappa shape index (κ1) is 20.7. The number of rotatable bonds is 4. The van der Waals surface area contributed by atoms with Crippen LogP contribution in [-0.4, -0.2) is 19.0 Å². The van der Waals surface area contributed by atoms with E-state index in [1.165, 1.54) is 28.9 Å². The number of thiophene rings is 1. The van der Waals surface area contributed by atoms with Crippen LogP contribution >= 0.6 is 11.3 Å². The van der Waals surface area contributed by atoms with E-state index >= 15 is 0 Å². The van der Waals surface area contributed by atoms with Crippen LogP contribution in [0.2, 0.25) is 0 Å². The molecule has 158 valence electrons. The Bertz CT molecular complexity index is 1120. The van der Waals surface area contributed by atoms with Gasteiger partial charge in [0.05, 0.1) is 25.4 Å². The zero-order valence-corrected chi connectivity index (χ0v) is 18.7. The number of methoxy groups -OCH3 is 1. The van der Waals surface area contributed by atoms with E-state index in [1.54, 1.807) is 6.26 Å². The first-order chi connectivity index (χ1) is 14.3. The zero-order valence-electron chi connectivity index (χ0n) is 17.9. The zero-order chi connectivity index (χ0) is 21.5. The number of fused-ring (bicyclic) bond motifs is 2. The van der Waals surface area contributed by atoms with E-state index in [0.717, 1.165) is 47.8 Å². The number of nitrogens with one attached hydrogen (secondary N) is 1. The number of esters is 1. The summed E-state index contributed by atoms with van der Waals surface area (Å²) >= 11 is 1.50. The number of carbonyl (C=O) groups excluding carboxylic acids is 2. The summed E-state index contributed by atoms with van der Waals surface area (Å²) in [6.07, 6.45) is 5.80. The maximum Gasteiger partial charge on any atom is 0.341 e. The summed E-state index contributed by atoms with van der Waals surface area (Å²) in [6.45, 7) is 6.48. The fourth-order valence-corrected chi connectivity index (χ4v) is 5.29. The first-order valence-electron chi connectivity index (χ1n) is 10.3. The molecule has 0 unspecified atom stereocenters. The number of aryl methyl sites for hydroxylation is 1. The van der Waals surface area contributed by atoms with Crippen molar-refractivity contribution >= 4 is 39.2 Å². The van der Waals surface area contributed by atoms with Crippen molar-refractivity contribution in [3.05, 3.63) is 51.6 Å². The summed E-state index contributed by atoms with van der Waals surface area (Å²) in [5, 5.41) is 4.52. The number of amides is 1. The van der Waals surface area contributed by atoms with Crippen molar-refractivity contribution in [3.8, 4) is 0 Å². The molecule has 1 aromatic carbocycles. The first-order valence-corrected chi connectivity index (χ1v) is 11.1. The summed E-state index contributed by atoms with van der Waals surface area (Å²) in [4.78, 5) is 26.5. The van der Waals surface area contributed by atoms with E-state index in [2.05, 4.69) is 38.2 Å². The quantitative estimate of drug-likeness (QED) is 0.549. The molecule has 30 heavy (non-hydrogen) atoms. The number of ether oxygens (including phenoxy) is 1. The molecule has 5 nitrogen and oxygen atoms in total. The monoisotopic (exact) mass is 425 g/mol. The van der Waals surface area contributed by atoms with Crippen molar-refractivity contribution in [2.24, 2.45) is 0 Å². The maximum atomic E-state index is 12.9. The lowest BCUT2D eigenvalue weighted by atomic mass is 9.86. The van der Waals surface area contributed by atoms with Crippen LogP contribution in [0.1, 0.15) is 65.5 Å². The molecule has 0 bridgehead atoms. The Labute approximate surface area is 180 Å². The van der Waals surface area contributed by atoms with Crippen LogP contribution < -0.4 is 5.32 Å². The van der Waals surface area contributed by atoms with Crippen LogP contribution in [0.25, 0.3) is 11.0 Å². The van der Waals surface area contributed by atoms with Gasteiger partial charge in [-0.25, -0.2) is 4.79 Å². The molecular formula is C24H27NO4S. The molecule has 0 fully saturated rings. The number of hydrogen-bond donors (Lipinski definition) is 1. The van der Waals surface area contributed by atoms with Crippen LogP contribution in [0.3, 0.4) is 0 Å². The molecule has 1 aliphatic rings. The standard InChI is InChI=1S/C24H27NO4S/c1-24(2,3)15-9-10-18-17(12-15)14(13-29-18)11-20(26)25-22-21(23(27)28-4)16-7-5-6-8-19(16)30-22/h9-10,12-13H,5-8,11H2,1-4H3,(H,25,26). The lowest BCUT2D eigenvalue weighted by molar-refractivity contribution is -0.115. The van der Waals surface area contributed by atoms with Gasteiger partial charge in [-0.15, -0.1) is 11.3 Å². The predicted octanol–water partition coefficient (Wildman–Crippen LogP) is 5.64. The molecule has 0 aliphatic heterocycles. The fraction of sp³-hybridized carbons (Fsp3) is 0.417. The van der Waals surface area contributed by atoms with Gasteiger partial charge in [0.25, 0.3) is 0 Å². The predicted molar refractivity (Wildman–Crippen MR) is 120 cm³/mol. The Morgan fingerprint density at radius 1 is 1.20 bits per heavy atom. The van der Waals surface area contributed by atoms with Crippen LogP contribution in [0.5, 0.6) is 0 Å². The average molecular weight is 426 g/mol. The number of benzene rings is 1. The van der Waals surface area contributed by atoms with Crippen LogP contribution in [0, 0.1) is 0 Å². The van der Waals surface area contributed by atoms with Gasteiger partial charge in [-0.05, 0) is 54.4 Å². The molecule has 2 aromatic heterocycles. The Hall–Kier alpha value is -2.60. The molecule has 0 spiro atoms. The Morgan fingerprint density at radius 2 is 1.97 bits per heavy atom. The highest BCUT2D eigenvalue weighted by Gasteiger charge is 2.27. The molecule has 0 saturated carbocycles. The molecule has 1 amide bonds. The Kier molecular flexibility index (Phi) is 5.45. The Morgan fingerprint density at radius 3 is 2.70 bits per heavy atom. The third-order valence-corrected chi connectivity index (χ3v) is 6.89. The van der Waals surface area contributed by atoms with E-state index < -0.39 is 0 Å². The van der Waals surface area contributed by atoms with Gasteiger partial charge < -0.3 is 14.5 Å². The normalized spacial score (nSPS) is 13.9. The summed E-state index contributed by atoms with van der Waals surface area (Å²) in [5.41, 5.74) is 4.38. The minimum Gasteiger partial charge on any atom is -0.465 e. The van der Waals surface area contributed by atoms with Crippen LogP contribution in [0.4, 0.5) is 5.00 Å². The maximum absolute atomic E-state index is 12.9. The lowest BCUT2D eigenvalue weighted by Crippen LogP contribution is -2.16. The van der Waals surface area contributed by atoms with Crippen molar-refractivity contribution in [1.29, 1.82) is 0 Å². The van der Waals surface area contributed by atoms with Gasteiger partial charge in [-0.1, -0.05) is 26.8 Å². The van der Waals surface area contributed by atoms with E-state index in [9.17, 15) is 9.59 Å². The summed E-state index contributed by atoms with van der Waals surface area (Å²) in [6, 6.07) is 6.12. The third kappa shape index (κ3) is 3.88. The van der Waals surface area contributed by atoms with E-state index in [0.29, 0.717) is 10.6 Å². The van der Waals surface area contributed by atoms with Crippen molar-refractivity contribution in [2.75, 3.05) is 12.4 Å². The largest absolute Gasteiger partial charge is 0.465 e. The van der Waals surface area contributed by atoms with E-state index in [4.69, 9.17) is 9.15 Å². The third-order valence-electron chi connectivity index (χ3n) is 5.68. The summed E-state index contributed by atoms with van der Waals surface area (Å²) in [7, 11) is 1.38. The second-order valence-corrected chi connectivity index (χ2v) is 9.96. The van der Waals surface area contributed by atoms with Crippen molar-refractivity contribution in [3.63, 3.8) is 0 Å². The molecule has 0 radical (unpaired) electrons. The topological polar surface area (TPSA) is 68.5 Å². The van der Waals surface area contributed by atoms with Gasteiger partial charge in [0, 0.05) is 15.8 Å². The molecule has 4 rings (SSSR count). The molecule has 1 N–H and O–H groups in total. The van der Waals surface area contributed by atoms with Gasteiger partial charge in [0.15, 0.2) is 0 Å². The molecule has 1 aliphatic carbocycles. The van der Waals surface area contributed by atoms with Gasteiger partial charge in [0.1, 0.15) is 10.6 Å². The average Bonchev–Trinajstić information content (AvgIpc) is 3.27. The van der Waals surface area contributed by atoms with Crippen molar-refractivity contribution < 1.29 is 18.7 Å². The molecule has 0 saturated heterocycles. The molecule has 6 heteroatoms. The highest BCUT2D eigenvalue weighted by atomic mass is 32.1. The SMILES string of the molecule is COC(=O)c1c(NC(=O)Cc2coc3ccc(C(C)(C)C)cc23)sc2c1CCCC2. The summed E-state index contributed by atoms with van der Waals surface area (Å²) in [5.74, 6) is -0.545. The Balaban J connectivity index is 1.60. The smallest absolute Gasteiger partial charge is 0.341 e. The number of hydrogen-bond acceptors (Lipinski definition) is 5. The van der Waals surface area contributed by atoms with Gasteiger partial charge in [-0.3, -0.25) is 4.79 Å². The second-order valence-electron chi connectivity index (χ2n) is 8.85. The minimum atomic E-state index is -0.381. The highest BCUT2D eigenvalue weighted by molar-refractivity contribution is 7.17. The molecule has 3 aromatic rings. The minimum absolute atomic E-state index is 0.0104. The van der Waals surface area contributed by atoms with Gasteiger partial charge >= 0.3 is 5.97 Å². The summed E-state index contributed by atoms with van der Waals surface area (Å²) < 4.78 is 10.7. The number of carbonyl (C=O) groups is 2. The molecule has 2 heterocycles. The fourth-order valence-electron chi connectivity index (χ4n) is 4.00. The second kappa shape index (κ2) is 7.91. The van der Waals surface area contributed by atoms with Crippen LogP contribution in [-0.2, 0) is 34.2 Å². The van der Waals surface area contributed by atoms with Gasteiger partial charge in [0.2, 0.25) is 5.91 Å². The number of furan rings is 1. The van der Waals surface area contributed by atoms with Crippen molar-refractivity contribution in [1.82, 2.24) is 0 Å². The van der Waals surface area contributed by atoms with Crippen LogP contribution in [0.15, 0.2) is 28.9 Å².